The molecular weight excluding hydrogens is 409 g/mol. The van der Waals surface area contributed by atoms with Crippen LogP contribution in [0.3, 0.4) is 0 Å². The Morgan fingerprint density at radius 1 is 0.788 bits per heavy atom. The van der Waals surface area contributed by atoms with Gasteiger partial charge in [0.15, 0.2) is 6.20 Å². The fraction of sp³-hybridized carbons (Fsp3) is 0.233. The zero-order valence-electron chi connectivity index (χ0n) is 20.1. The predicted octanol–water partition coefficient (Wildman–Crippen LogP) is 7.80. The third kappa shape index (κ3) is 3.43. The van der Waals surface area contributed by atoms with E-state index < -0.39 is 0 Å². The minimum atomic E-state index is -0.228. The average molecular weight is 439 g/mol. The van der Waals surface area contributed by atoms with Crippen molar-refractivity contribution in [2.24, 2.45) is 7.05 Å². The smallest absolute Gasteiger partial charge is 0.216 e. The zero-order valence-corrected chi connectivity index (χ0v) is 20.1. The van der Waals surface area contributed by atoms with Crippen molar-refractivity contribution < 1.29 is 13.4 Å². The van der Waals surface area contributed by atoms with E-state index in [0.29, 0.717) is 16.7 Å². The first-order valence-corrected chi connectivity index (χ1v) is 11.4. The van der Waals surface area contributed by atoms with Gasteiger partial charge in [-0.2, -0.15) is 0 Å². The van der Waals surface area contributed by atoms with E-state index in [2.05, 4.69) is 62.6 Å². The summed E-state index contributed by atoms with van der Waals surface area (Å²) >= 11 is 0. The van der Waals surface area contributed by atoms with Crippen molar-refractivity contribution in [3.63, 3.8) is 0 Å². The lowest BCUT2D eigenvalue weighted by molar-refractivity contribution is -0.660. The van der Waals surface area contributed by atoms with E-state index in [-0.39, 0.29) is 11.2 Å². The molecule has 3 heteroatoms. The first kappa shape index (κ1) is 21.4. The molecule has 0 aliphatic carbocycles. The highest BCUT2D eigenvalue weighted by atomic mass is 19.1. The number of pyridine rings is 1. The van der Waals surface area contributed by atoms with Gasteiger partial charge < -0.3 is 4.42 Å². The number of aryl methyl sites for hydroxylation is 3. The summed E-state index contributed by atoms with van der Waals surface area (Å²) in [6.45, 7) is 10.5. The van der Waals surface area contributed by atoms with Gasteiger partial charge in [0, 0.05) is 22.9 Å². The van der Waals surface area contributed by atoms with Gasteiger partial charge in [0.2, 0.25) is 5.69 Å². The molecule has 2 nitrogen and oxygen atoms in total. The summed E-state index contributed by atoms with van der Waals surface area (Å²) < 4.78 is 24.2. The molecule has 0 saturated heterocycles. The Labute approximate surface area is 194 Å². The second kappa shape index (κ2) is 7.55. The molecule has 2 heterocycles. The number of halogens is 1. The van der Waals surface area contributed by atoms with Crippen molar-refractivity contribution in [1.82, 2.24) is 0 Å². The zero-order chi connectivity index (χ0) is 23.5. The fourth-order valence-corrected chi connectivity index (χ4v) is 4.68. The van der Waals surface area contributed by atoms with Crippen LogP contribution in [-0.4, -0.2) is 0 Å². The van der Waals surface area contributed by atoms with Crippen LogP contribution in [0.5, 0.6) is 0 Å². The second-order valence-corrected chi connectivity index (χ2v) is 10.0. The minimum absolute atomic E-state index is 0.0377. The molecule has 5 aromatic rings. The lowest BCUT2D eigenvalue weighted by atomic mass is 9.86. The molecule has 33 heavy (non-hydrogen) atoms. The van der Waals surface area contributed by atoms with Gasteiger partial charge in [-0.05, 0) is 53.6 Å². The highest BCUT2D eigenvalue weighted by molar-refractivity contribution is 6.13. The maximum atomic E-state index is 15.6. The topological polar surface area (TPSA) is 17.0 Å². The molecule has 0 N–H and O–H groups in total. The standard InChI is InChI=1S/C30H29FNO/c1-18-10-15-22-23-17-19(2)27(31)26(20-11-13-21(14-12-20)30(3,4)5)29(23)33-28(22)25(18)24-9-7-8-16-32(24)6/h7-17H,1-6H3/q+1. The highest BCUT2D eigenvalue weighted by Gasteiger charge is 2.24. The molecule has 0 aliphatic rings. The van der Waals surface area contributed by atoms with Crippen LogP contribution in [0.25, 0.3) is 44.3 Å². The molecule has 2 aromatic heterocycles. The Hall–Kier alpha value is -3.46. The molecule has 0 amide bonds. The van der Waals surface area contributed by atoms with E-state index in [4.69, 9.17) is 4.42 Å². The van der Waals surface area contributed by atoms with Crippen molar-refractivity contribution in [2.45, 2.75) is 40.0 Å². The monoisotopic (exact) mass is 438 g/mol. The van der Waals surface area contributed by atoms with Crippen molar-refractivity contribution in [2.75, 3.05) is 0 Å². The number of rotatable bonds is 2. The van der Waals surface area contributed by atoms with Gasteiger partial charge in [0.25, 0.3) is 0 Å². The summed E-state index contributed by atoms with van der Waals surface area (Å²) in [5, 5.41) is 1.95. The Morgan fingerprint density at radius 3 is 2.15 bits per heavy atom. The van der Waals surface area contributed by atoms with Crippen LogP contribution in [0.15, 0.2) is 71.3 Å². The first-order valence-electron chi connectivity index (χ1n) is 11.4. The summed E-state index contributed by atoms with van der Waals surface area (Å²) in [4.78, 5) is 0. The van der Waals surface area contributed by atoms with Gasteiger partial charge in [-0.3, -0.25) is 0 Å². The summed E-state index contributed by atoms with van der Waals surface area (Å²) in [7, 11) is 2.03. The van der Waals surface area contributed by atoms with E-state index in [1.807, 2.05) is 50.5 Å². The van der Waals surface area contributed by atoms with Crippen LogP contribution < -0.4 is 4.57 Å². The molecule has 0 aliphatic heterocycles. The van der Waals surface area contributed by atoms with Gasteiger partial charge in [-0.1, -0.05) is 57.2 Å². The molecule has 3 aromatic carbocycles. The molecule has 0 unspecified atom stereocenters. The molecule has 166 valence electrons. The largest absolute Gasteiger partial charge is 0.454 e. The van der Waals surface area contributed by atoms with E-state index >= 15 is 4.39 Å². The van der Waals surface area contributed by atoms with Crippen molar-refractivity contribution in [1.29, 1.82) is 0 Å². The van der Waals surface area contributed by atoms with E-state index in [1.54, 1.807) is 0 Å². The Kier molecular flexibility index (Phi) is 4.89. The number of fused-ring (bicyclic) bond motifs is 3. The van der Waals surface area contributed by atoms with Gasteiger partial charge in [0.05, 0.1) is 11.1 Å². The number of furan rings is 1. The van der Waals surface area contributed by atoms with Gasteiger partial charge in [-0.25, -0.2) is 8.96 Å². The maximum absolute atomic E-state index is 15.6. The molecule has 0 saturated carbocycles. The summed E-state index contributed by atoms with van der Waals surface area (Å²) in [6, 6.07) is 20.4. The lowest BCUT2D eigenvalue weighted by Crippen LogP contribution is -2.30. The number of hydrogen-bond donors (Lipinski definition) is 0. The average Bonchev–Trinajstić information content (AvgIpc) is 3.12. The molecular formula is C30H29FNO+. The predicted molar refractivity (Wildman–Crippen MR) is 134 cm³/mol. The maximum Gasteiger partial charge on any atom is 0.216 e. The Morgan fingerprint density at radius 2 is 1.48 bits per heavy atom. The molecule has 0 fully saturated rings. The van der Waals surface area contributed by atoms with Crippen LogP contribution >= 0.6 is 0 Å². The second-order valence-electron chi connectivity index (χ2n) is 10.0. The van der Waals surface area contributed by atoms with Crippen molar-refractivity contribution in [3.05, 3.63) is 89.4 Å². The molecule has 0 radical (unpaired) electrons. The van der Waals surface area contributed by atoms with E-state index in [1.165, 1.54) is 5.56 Å². The van der Waals surface area contributed by atoms with Crippen LogP contribution in [0.1, 0.15) is 37.5 Å². The van der Waals surface area contributed by atoms with Crippen molar-refractivity contribution >= 4 is 21.9 Å². The SMILES string of the molecule is Cc1cc2c(oc3c(-c4cccc[n+]4C)c(C)ccc32)c(-c2ccc(C(C)(C)C)cc2)c1F. The summed E-state index contributed by atoms with van der Waals surface area (Å²) in [5.74, 6) is -0.228. The third-order valence-electron chi connectivity index (χ3n) is 6.61. The number of hydrogen-bond acceptors (Lipinski definition) is 1. The highest BCUT2D eigenvalue weighted by Crippen LogP contribution is 2.42. The van der Waals surface area contributed by atoms with Gasteiger partial charge in [-0.15, -0.1) is 0 Å². The third-order valence-corrected chi connectivity index (χ3v) is 6.61. The van der Waals surface area contributed by atoms with Crippen LogP contribution in [0.4, 0.5) is 4.39 Å². The molecule has 0 spiro atoms. The molecule has 5 rings (SSSR count). The normalized spacial score (nSPS) is 12.1. The number of aromatic nitrogens is 1. The lowest BCUT2D eigenvalue weighted by Gasteiger charge is -2.19. The summed E-state index contributed by atoms with van der Waals surface area (Å²) in [5.41, 5.74) is 7.85. The quantitative estimate of drug-likeness (QED) is 0.257. The summed E-state index contributed by atoms with van der Waals surface area (Å²) in [6.07, 6.45) is 2.03. The van der Waals surface area contributed by atoms with Crippen LogP contribution in [-0.2, 0) is 12.5 Å². The number of nitrogens with zero attached hydrogens (tertiary/aromatic N) is 1. The number of benzene rings is 3. The van der Waals surface area contributed by atoms with E-state index in [0.717, 1.165) is 38.7 Å². The fourth-order valence-electron chi connectivity index (χ4n) is 4.68. The molecule has 0 atom stereocenters. The van der Waals surface area contributed by atoms with Crippen molar-refractivity contribution in [3.8, 4) is 22.4 Å². The van der Waals surface area contributed by atoms with Crippen LogP contribution in [0, 0.1) is 19.7 Å². The Balaban J connectivity index is 1.84. The van der Waals surface area contributed by atoms with E-state index in [9.17, 15) is 0 Å². The van der Waals surface area contributed by atoms with Gasteiger partial charge >= 0.3 is 0 Å². The Bertz CT molecular complexity index is 1520. The molecule has 0 bridgehead atoms. The minimum Gasteiger partial charge on any atom is -0.454 e. The first-order chi connectivity index (χ1) is 15.7. The van der Waals surface area contributed by atoms with Crippen LogP contribution in [0.2, 0.25) is 0 Å². The van der Waals surface area contributed by atoms with Gasteiger partial charge in [0.1, 0.15) is 24.0 Å².